The van der Waals surface area contributed by atoms with Gasteiger partial charge in [0.25, 0.3) is 5.91 Å². The number of nitrogens with one attached hydrogen (secondary N) is 2. The number of amides is 1. The highest BCUT2D eigenvalue weighted by Gasteiger charge is 2.06. The molecule has 0 bridgehead atoms. The number of rotatable bonds is 3. The lowest BCUT2D eigenvalue weighted by molar-refractivity contribution is 0.0946. The van der Waals surface area contributed by atoms with Gasteiger partial charge in [-0.3, -0.25) is 9.59 Å². The number of para-hydroxylation sites is 1. The summed E-state index contributed by atoms with van der Waals surface area (Å²) < 4.78 is 0. The highest BCUT2D eigenvalue weighted by atomic mass is 16.2. The highest BCUT2D eigenvalue weighted by Crippen LogP contribution is 2.09. The summed E-state index contributed by atoms with van der Waals surface area (Å²) in [6.45, 7) is 0.322. The molecule has 0 fully saturated rings. The van der Waals surface area contributed by atoms with Gasteiger partial charge in [-0.2, -0.15) is 0 Å². The first-order valence-electron chi connectivity index (χ1n) is 5.48. The van der Waals surface area contributed by atoms with Gasteiger partial charge in [0.05, 0.1) is 0 Å². The van der Waals surface area contributed by atoms with Gasteiger partial charge in [-0.25, -0.2) is 0 Å². The number of carbonyl (C=O) groups is 1. The Kier molecular flexibility index (Phi) is 3.43. The van der Waals surface area contributed by atoms with Crippen LogP contribution in [0, 0.1) is 0 Å². The summed E-state index contributed by atoms with van der Waals surface area (Å²) in [5.74, 6) is -0.337. The maximum absolute atomic E-state index is 11.8. The van der Waals surface area contributed by atoms with Crippen molar-refractivity contribution >= 4 is 11.6 Å². The lowest BCUT2D eigenvalue weighted by Gasteiger charge is -2.07. The summed E-state index contributed by atoms with van der Waals surface area (Å²) in [4.78, 5) is 25.3. The van der Waals surface area contributed by atoms with Crippen molar-refractivity contribution < 1.29 is 4.79 Å². The molecule has 1 heterocycles. The van der Waals surface area contributed by atoms with E-state index in [1.165, 1.54) is 12.1 Å². The average molecular weight is 243 g/mol. The summed E-state index contributed by atoms with van der Waals surface area (Å²) in [7, 11) is 0. The lowest BCUT2D eigenvalue weighted by Crippen LogP contribution is -2.26. The van der Waals surface area contributed by atoms with Gasteiger partial charge in [-0.1, -0.05) is 24.3 Å². The maximum Gasteiger partial charge on any atom is 0.268 e. The number of nitrogen functional groups attached to an aromatic ring is 1. The zero-order valence-electron chi connectivity index (χ0n) is 9.64. The number of benzene rings is 1. The Hall–Kier alpha value is -2.56. The Labute approximate surface area is 104 Å². The van der Waals surface area contributed by atoms with E-state index < -0.39 is 0 Å². The third-order valence-corrected chi connectivity index (χ3v) is 2.51. The third-order valence-electron chi connectivity index (χ3n) is 2.51. The van der Waals surface area contributed by atoms with Crippen molar-refractivity contribution in [3.8, 4) is 0 Å². The molecule has 5 heteroatoms. The molecule has 4 N–H and O–H groups in total. The maximum atomic E-state index is 11.8. The molecule has 18 heavy (non-hydrogen) atoms. The number of pyridine rings is 1. The van der Waals surface area contributed by atoms with Crippen molar-refractivity contribution in [1.82, 2.24) is 10.3 Å². The first-order valence-corrected chi connectivity index (χ1v) is 5.48. The SMILES string of the molecule is Nc1ccccc1CNC(=O)c1cccc(=O)[nH]1. The van der Waals surface area contributed by atoms with Gasteiger partial charge in [-0.05, 0) is 17.7 Å². The second-order valence-electron chi connectivity index (χ2n) is 3.81. The molecular weight excluding hydrogens is 230 g/mol. The summed E-state index contributed by atoms with van der Waals surface area (Å²) >= 11 is 0. The topological polar surface area (TPSA) is 88.0 Å². The van der Waals surface area contributed by atoms with Crippen molar-refractivity contribution in [2.24, 2.45) is 0 Å². The third kappa shape index (κ3) is 2.76. The first-order chi connectivity index (χ1) is 8.66. The Morgan fingerprint density at radius 2 is 1.94 bits per heavy atom. The smallest absolute Gasteiger partial charge is 0.268 e. The zero-order chi connectivity index (χ0) is 13.0. The van der Waals surface area contributed by atoms with Crippen molar-refractivity contribution in [3.63, 3.8) is 0 Å². The molecule has 5 nitrogen and oxygen atoms in total. The lowest BCUT2D eigenvalue weighted by atomic mass is 10.2. The van der Waals surface area contributed by atoms with Gasteiger partial charge in [0.2, 0.25) is 5.56 Å². The number of aromatic nitrogens is 1. The monoisotopic (exact) mass is 243 g/mol. The molecule has 0 radical (unpaired) electrons. The minimum Gasteiger partial charge on any atom is -0.398 e. The molecule has 92 valence electrons. The van der Waals surface area contributed by atoms with E-state index in [0.29, 0.717) is 12.2 Å². The molecule has 1 aromatic heterocycles. The van der Waals surface area contributed by atoms with Crippen LogP contribution in [0.3, 0.4) is 0 Å². The summed E-state index contributed by atoms with van der Waals surface area (Å²) in [5.41, 5.74) is 7.15. The van der Waals surface area contributed by atoms with Gasteiger partial charge in [0, 0.05) is 18.3 Å². The summed E-state index contributed by atoms with van der Waals surface area (Å²) in [5, 5.41) is 2.69. The molecule has 0 saturated heterocycles. The molecule has 1 amide bonds. The average Bonchev–Trinajstić information content (AvgIpc) is 2.37. The molecule has 0 aliphatic rings. The van der Waals surface area contributed by atoms with Gasteiger partial charge < -0.3 is 16.0 Å². The van der Waals surface area contributed by atoms with Crippen molar-refractivity contribution in [1.29, 1.82) is 0 Å². The van der Waals surface area contributed by atoms with Crippen LogP contribution in [0.25, 0.3) is 0 Å². The molecule has 0 spiro atoms. The summed E-state index contributed by atoms with van der Waals surface area (Å²) in [6.07, 6.45) is 0. The van der Waals surface area contributed by atoms with E-state index in [9.17, 15) is 9.59 Å². The van der Waals surface area contributed by atoms with E-state index in [1.54, 1.807) is 12.1 Å². The Bertz CT molecular complexity index is 619. The van der Waals surface area contributed by atoms with E-state index in [1.807, 2.05) is 18.2 Å². The number of hydrogen-bond donors (Lipinski definition) is 3. The molecular formula is C13H13N3O2. The van der Waals surface area contributed by atoms with Crippen LogP contribution in [0.2, 0.25) is 0 Å². The van der Waals surface area contributed by atoms with Gasteiger partial charge in [-0.15, -0.1) is 0 Å². The zero-order valence-corrected chi connectivity index (χ0v) is 9.64. The quantitative estimate of drug-likeness (QED) is 0.699. The molecule has 0 saturated carbocycles. The van der Waals surface area contributed by atoms with Crippen LogP contribution in [0.15, 0.2) is 47.3 Å². The number of anilines is 1. The number of hydrogen-bond acceptors (Lipinski definition) is 3. The van der Waals surface area contributed by atoms with Crippen LogP contribution in [0.1, 0.15) is 16.1 Å². The molecule has 0 unspecified atom stereocenters. The van der Waals surface area contributed by atoms with Gasteiger partial charge in [0.1, 0.15) is 5.69 Å². The Morgan fingerprint density at radius 1 is 1.17 bits per heavy atom. The van der Waals surface area contributed by atoms with Crippen LogP contribution >= 0.6 is 0 Å². The van der Waals surface area contributed by atoms with Crippen LogP contribution in [-0.2, 0) is 6.54 Å². The van der Waals surface area contributed by atoms with Crippen LogP contribution in [0.5, 0.6) is 0 Å². The predicted octanol–water partition coefficient (Wildman–Crippen LogP) is 0.887. The van der Waals surface area contributed by atoms with Crippen molar-refractivity contribution in [3.05, 3.63) is 64.1 Å². The molecule has 0 aliphatic carbocycles. The van der Waals surface area contributed by atoms with E-state index in [0.717, 1.165) is 5.56 Å². The first kappa shape index (κ1) is 11.9. The second kappa shape index (κ2) is 5.18. The van der Waals surface area contributed by atoms with E-state index in [-0.39, 0.29) is 17.2 Å². The minimum absolute atomic E-state index is 0.233. The van der Waals surface area contributed by atoms with Gasteiger partial charge in [0.15, 0.2) is 0 Å². The summed E-state index contributed by atoms with van der Waals surface area (Å²) in [6, 6.07) is 11.7. The minimum atomic E-state index is -0.337. The van der Waals surface area contributed by atoms with Crippen molar-refractivity contribution in [2.45, 2.75) is 6.54 Å². The van der Waals surface area contributed by atoms with Crippen LogP contribution < -0.4 is 16.6 Å². The Morgan fingerprint density at radius 3 is 2.67 bits per heavy atom. The van der Waals surface area contributed by atoms with Crippen LogP contribution in [-0.4, -0.2) is 10.9 Å². The normalized spacial score (nSPS) is 10.0. The number of nitrogens with two attached hydrogens (primary N) is 1. The largest absolute Gasteiger partial charge is 0.398 e. The second-order valence-corrected chi connectivity index (χ2v) is 3.81. The van der Waals surface area contributed by atoms with E-state index in [4.69, 9.17) is 5.73 Å². The van der Waals surface area contributed by atoms with E-state index >= 15 is 0 Å². The Balaban J connectivity index is 2.05. The van der Waals surface area contributed by atoms with E-state index in [2.05, 4.69) is 10.3 Å². The molecule has 2 rings (SSSR count). The van der Waals surface area contributed by atoms with Crippen molar-refractivity contribution in [2.75, 3.05) is 5.73 Å². The highest BCUT2D eigenvalue weighted by molar-refractivity contribution is 5.92. The fourth-order valence-corrected chi connectivity index (χ4v) is 1.55. The molecule has 0 aliphatic heterocycles. The number of H-pyrrole nitrogens is 1. The molecule has 0 atom stereocenters. The predicted molar refractivity (Wildman–Crippen MR) is 69.1 cm³/mol. The van der Waals surface area contributed by atoms with Crippen LogP contribution in [0.4, 0.5) is 5.69 Å². The molecule has 1 aromatic carbocycles. The van der Waals surface area contributed by atoms with Gasteiger partial charge >= 0.3 is 0 Å². The standard InChI is InChI=1S/C13H13N3O2/c14-10-5-2-1-4-9(10)8-15-13(18)11-6-3-7-12(17)16-11/h1-7H,8,14H2,(H,15,18)(H,16,17). The molecule has 2 aromatic rings. The fourth-order valence-electron chi connectivity index (χ4n) is 1.55. The fraction of sp³-hybridized carbons (Fsp3) is 0.0769. The number of aromatic amines is 1. The number of carbonyl (C=O) groups excluding carboxylic acids is 1.